The van der Waals surface area contributed by atoms with Crippen molar-refractivity contribution in [2.45, 2.75) is 55.3 Å². The van der Waals surface area contributed by atoms with Crippen LogP contribution in [0, 0.1) is 5.82 Å². The molecule has 3 fully saturated rings. The Hall–Kier alpha value is -2.17. The van der Waals surface area contributed by atoms with E-state index in [2.05, 4.69) is 4.72 Å². The van der Waals surface area contributed by atoms with Crippen molar-refractivity contribution in [3.63, 3.8) is 0 Å². The molecule has 0 spiro atoms. The molecule has 3 aliphatic rings. The van der Waals surface area contributed by atoms with Gasteiger partial charge in [0.25, 0.3) is 5.91 Å². The van der Waals surface area contributed by atoms with Crippen molar-refractivity contribution in [2.24, 2.45) is 0 Å². The Morgan fingerprint density at radius 2 is 1.88 bits per heavy atom. The number of amides is 1. The zero-order valence-electron chi connectivity index (χ0n) is 17.7. The third kappa shape index (κ3) is 4.36. The van der Waals surface area contributed by atoms with E-state index < -0.39 is 47.8 Å². The molecule has 1 amide bonds. The van der Waals surface area contributed by atoms with Crippen molar-refractivity contribution < 1.29 is 31.9 Å². The van der Waals surface area contributed by atoms with Crippen LogP contribution in [0.15, 0.2) is 48.5 Å². The lowest BCUT2D eigenvalue weighted by atomic mass is 9.64. The van der Waals surface area contributed by atoms with Crippen LogP contribution < -0.4 is 4.72 Å². The van der Waals surface area contributed by atoms with Crippen LogP contribution in [0.3, 0.4) is 0 Å². The van der Waals surface area contributed by atoms with Gasteiger partial charge in [0.2, 0.25) is 6.10 Å². The van der Waals surface area contributed by atoms with Gasteiger partial charge in [-0.2, -0.15) is 13.2 Å². The quantitative estimate of drug-likeness (QED) is 0.473. The highest BCUT2D eigenvalue weighted by Gasteiger charge is 2.64. The number of halogens is 5. The molecule has 2 aliphatic heterocycles. The molecule has 5 rings (SSSR count). The number of rotatable bonds is 6. The minimum Gasteiger partial charge on any atom is -0.376 e. The summed E-state index contributed by atoms with van der Waals surface area (Å²) in [5.41, 5.74) is -0.666. The van der Waals surface area contributed by atoms with E-state index in [0.717, 1.165) is 16.8 Å². The van der Waals surface area contributed by atoms with Crippen LogP contribution in [0.25, 0.3) is 11.1 Å². The van der Waals surface area contributed by atoms with Gasteiger partial charge >= 0.3 is 6.18 Å². The number of nitrogens with zero attached hydrogens (tertiary/aromatic N) is 1. The van der Waals surface area contributed by atoms with Gasteiger partial charge in [-0.3, -0.25) is 9.52 Å². The number of nitrogens with one attached hydrogen (secondary N) is 1. The van der Waals surface area contributed by atoms with E-state index in [1.165, 1.54) is 6.07 Å². The molecule has 2 N–H and O–H groups in total. The number of hydrogen-bond acceptors (Lipinski definition) is 4. The molecule has 2 aromatic carbocycles. The number of aliphatic hydroxyl groups excluding tert-OH is 1. The molecule has 4 nitrogen and oxygen atoms in total. The molecule has 0 aromatic heterocycles. The van der Waals surface area contributed by atoms with Crippen LogP contribution in [-0.4, -0.2) is 58.2 Å². The molecule has 1 saturated carbocycles. The summed E-state index contributed by atoms with van der Waals surface area (Å²) in [6.07, 6.45) is -7.21. The highest BCUT2D eigenvalue weighted by Crippen LogP contribution is 2.51. The predicted molar refractivity (Wildman–Crippen MR) is 116 cm³/mol. The lowest BCUT2D eigenvalue weighted by molar-refractivity contribution is -0.222. The highest BCUT2D eigenvalue weighted by atomic mass is 32.2. The minimum absolute atomic E-state index is 0.134. The lowest BCUT2D eigenvalue weighted by Crippen LogP contribution is -2.77. The molecule has 1 aliphatic carbocycles. The van der Waals surface area contributed by atoms with E-state index in [1.807, 2.05) is 0 Å². The maximum absolute atomic E-state index is 15.5. The van der Waals surface area contributed by atoms with Crippen molar-refractivity contribution in [2.75, 3.05) is 6.26 Å². The average molecular weight is 487 g/mol. The fourth-order valence-corrected chi connectivity index (χ4v) is 5.53. The van der Waals surface area contributed by atoms with E-state index >= 15 is 8.78 Å². The number of benzene rings is 2. The lowest BCUT2D eigenvalue weighted by Gasteiger charge is -2.61. The Labute approximate surface area is 192 Å². The largest absolute Gasteiger partial charge is 0.423 e. The summed E-state index contributed by atoms with van der Waals surface area (Å²) < 4.78 is 73.2. The SMILES string of the molecule is CSN[C@@H]1[C@H](Cc2cccc(-c3ccccc3)c2F)N(C(=O)[C@H](O)C(F)(F)F)C2CC1(F)C2. The van der Waals surface area contributed by atoms with Crippen LogP contribution in [0.2, 0.25) is 0 Å². The van der Waals surface area contributed by atoms with Crippen molar-refractivity contribution in [3.8, 4) is 11.1 Å². The van der Waals surface area contributed by atoms with Gasteiger partial charge in [0.05, 0.1) is 12.1 Å². The second kappa shape index (κ2) is 8.88. The van der Waals surface area contributed by atoms with Crippen molar-refractivity contribution in [3.05, 3.63) is 59.9 Å². The number of hydrogen-bond donors (Lipinski definition) is 2. The van der Waals surface area contributed by atoms with Crippen molar-refractivity contribution in [1.82, 2.24) is 9.62 Å². The fraction of sp³-hybridized carbons (Fsp3) is 0.435. The number of alkyl halides is 4. The Balaban J connectivity index is 1.72. The van der Waals surface area contributed by atoms with E-state index in [1.54, 1.807) is 48.7 Å². The van der Waals surface area contributed by atoms with Crippen molar-refractivity contribution >= 4 is 17.9 Å². The molecule has 33 heavy (non-hydrogen) atoms. The first kappa shape index (κ1) is 24.0. The Kier molecular flexibility index (Phi) is 6.45. The summed E-state index contributed by atoms with van der Waals surface area (Å²) in [6, 6.07) is 10.5. The zero-order valence-corrected chi connectivity index (χ0v) is 18.5. The van der Waals surface area contributed by atoms with Crippen molar-refractivity contribution in [1.29, 1.82) is 0 Å². The van der Waals surface area contributed by atoms with Crippen LogP contribution >= 0.6 is 11.9 Å². The monoisotopic (exact) mass is 486 g/mol. The molecule has 2 bridgehead atoms. The number of fused-ring (bicyclic) bond motifs is 2. The number of carbonyl (C=O) groups excluding carboxylic acids is 1. The maximum Gasteiger partial charge on any atom is 0.423 e. The number of piperidine rings is 2. The molecule has 0 radical (unpaired) electrons. The molecule has 3 atom stereocenters. The molecule has 2 aromatic rings. The smallest absolute Gasteiger partial charge is 0.376 e. The molecular formula is C23H23F5N2O2S. The van der Waals surface area contributed by atoms with E-state index in [0.29, 0.717) is 11.1 Å². The summed E-state index contributed by atoms with van der Waals surface area (Å²) >= 11 is 1.07. The Morgan fingerprint density at radius 3 is 2.48 bits per heavy atom. The first-order chi connectivity index (χ1) is 15.6. The molecule has 0 unspecified atom stereocenters. The maximum atomic E-state index is 15.5. The van der Waals surface area contributed by atoms with Gasteiger partial charge in [-0.15, -0.1) is 0 Å². The minimum atomic E-state index is -5.16. The average Bonchev–Trinajstić information content (AvgIpc) is 2.75. The van der Waals surface area contributed by atoms with Gasteiger partial charge in [-0.05, 0) is 23.8 Å². The molecular weight excluding hydrogens is 463 g/mol. The summed E-state index contributed by atoms with van der Waals surface area (Å²) in [5.74, 6) is -2.12. The zero-order chi connectivity index (χ0) is 24.0. The summed E-state index contributed by atoms with van der Waals surface area (Å²) in [5, 5.41) is 9.64. The van der Waals surface area contributed by atoms with Gasteiger partial charge in [-0.1, -0.05) is 60.5 Å². The van der Waals surface area contributed by atoms with Gasteiger partial charge in [0.1, 0.15) is 11.5 Å². The highest BCUT2D eigenvalue weighted by molar-refractivity contribution is 7.96. The topological polar surface area (TPSA) is 52.6 Å². The molecule has 2 saturated heterocycles. The second-order valence-electron chi connectivity index (χ2n) is 8.50. The molecule has 178 valence electrons. The molecule has 2 heterocycles. The van der Waals surface area contributed by atoms with Gasteiger partial charge in [0, 0.05) is 24.4 Å². The summed E-state index contributed by atoms with van der Waals surface area (Å²) in [6.45, 7) is 0. The van der Waals surface area contributed by atoms with Crippen LogP contribution in [-0.2, 0) is 11.2 Å². The molecule has 10 heteroatoms. The van der Waals surface area contributed by atoms with E-state index in [9.17, 15) is 23.1 Å². The number of carbonyl (C=O) groups is 1. The first-order valence-electron chi connectivity index (χ1n) is 10.4. The van der Waals surface area contributed by atoms with Crippen LogP contribution in [0.1, 0.15) is 18.4 Å². The third-order valence-electron chi connectivity index (χ3n) is 6.48. The van der Waals surface area contributed by atoms with Gasteiger partial charge < -0.3 is 10.0 Å². The van der Waals surface area contributed by atoms with Gasteiger partial charge in [0.15, 0.2) is 0 Å². The fourth-order valence-electron chi connectivity index (χ4n) is 4.91. The second-order valence-corrected chi connectivity index (χ2v) is 9.15. The van der Waals surface area contributed by atoms with E-state index in [4.69, 9.17) is 0 Å². The number of aliphatic hydroxyl groups is 1. The van der Waals surface area contributed by atoms with Crippen LogP contribution in [0.4, 0.5) is 22.0 Å². The van der Waals surface area contributed by atoms with Crippen LogP contribution in [0.5, 0.6) is 0 Å². The normalized spacial score (nSPS) is 27.7. The third-order valence-corrected chi connectivity index (χ3v) is 6.97. The first-order valence-corrected chi connectivity index (χ1v) is 11.7. The standard InChI is InChI=1S/C23H23F5N2O2S/c1-33-29-19-17(10-14-8-5-9-16(18(14)24)13-6-3-2-4-7-13)30(15-11-22(19,25)12-15)21(32)20(31)23(26,27)28/h2-9,15,17,19-20,29,31H,10-12H2,1H3/t15?,17-,19+,20-,22?/m0/s1. The summed E-state index contributed by atoms with van der Waals surface area (Å²) in [7, 11) is 0. The Morgan fingerprint density at radius 1 is 1.21 bits per heavy atom. The van der Waals surface area contributed by atoms with E-state index in [-0.39, 0.29) is 24.8 Å². The predicted octanol–water partition coefficient (Wildman–Crippen LogP) is 4.28. The Bertz CT molecular complexity index is 1010. The summed E-state index contributed by atoms with van der Waals surface area (Å²) in [4.78, 5) is 13.6. The van der Waals surface area contributed by atoms with Gasteiger partial charge in [-0.25, -0.2) is 8.78 Å².